The SMILES string of the molecule is C=CCc1ccc(CCC)c(CCC)c1. The van der Waals surface area contributed by atoms with E-state index in [9.17, 15) is 0 Å². The van der Waals surface area contributed by atoms with E-state index in [1.807, 2.05) is 6.08 Å². The van der Waals surface area contributed by atoms with Crippen LogP contribution in [0.4, 0.5) is 0 Å². The molecule has 1 aromatic carbocycles. The minimum atomic E-state index is 0.989. The number of rotatable bonds is 6. The number of hydrogen-bond acceptors (Lipinski definition) is 0. The molecule has 0 atom stereocenters. The lowest BCUT2D eigenvalue weighted by molar-refractivity contribution is 0.858. The molecule has 0 aromatic heterocycles. The molecule has 0 amide bonds. The predicted octanol–water partition coefficient (Wildman–Crippen LogP) is 4.32. The molecule has 1 aromatic rings. The largest absolute Gasteiger partial charge is 0.103 e. The molecular weight excluding hydrogens is 180 g/mol. The molecule has 0 N–H and O–H groups in total. The smallest absolute Gasteiger partial charge is 0.0100 e. The van der Waals surface area contributed by atoms with E-state index in [2.05, 4.69) is 38.6 Å². The number of benzene rings is 1. The Labute approximate surface area is 94.0 Å². The van der Waals surface area contributed by atoms with E-state index in [4.69, 9.17) is 0 Å². The van der Waals surface area contributed by atoms with Crippen LogP contribution in [0.25, 0.3) is 0 Å². The maximum absolute atomic E-state index is 3.79. The summed E-state index contributed by atoms with van der Waals surface area (Å²) in [6.45, 7) is 8.28. The summed E-state index contributed by atoms with van der Waals surface area (Å²) in [5, 5.41) is 0. The van der Waals surface area contributed by atoms with E-state index in [-0.39, 0.29) is 0 Å². The molecule has 0 bridgehead atoms. The standard InChI is InChI=1S/C15H22/c1-4-7-13-10-11-14(8-5-2)15(12-13)9-6-3/h4,10-12H,1,5-9H2,2-3H3. The van der Waals surface area contributed by atoms with Gasteiger partial charge < -0.3 is 0 Å². The van der Waals surface area contributed by atoms with Crippen LogP contribution in [0.15, 0.2) is 30.9 Å². The summed E-state index contributed by atoms with van der Waals surface area (Å²) in [5.74, 6) is 0. The van der Waals surface area contributed by atoms with E-state index in [0.717, 1.165) is 6.42 Å². The second kappa shape index (κ2) is 6.44. The van der Waals surface area contributed by atoms with Crippen LogP contribution < -0.4 is 0 Å². The highest BCUT2D eigenvalue weighted by Crippen LogP contribution is 2.16. The number of hydrogen-bond donors (Lipinski definition) is 0. The van der Waals surface area contributed by atoms with E-state index >= 15 is 0 Å². The minimum absolute atomic E-state index is 0.989. The van der Waals surface area contributed by atoms with Crippen molar-refractivity contribution in [2.75, 3.05) is 0 Å². The molecule has 15 heavy (non-hydrogen) atoms. The quantitative estimate of drug-likeness (QED) is 0.603. The summed E-state index contributed by atoms with van der Waals surface area (Å²) >= 11 is 0. The van der Waals surface area contributed by atoms with Crippen LogP contribution in [0, 0.1) is 0 Å². The third-order valence-corrected chi connectivity index (χ3v) is 2.69. The summed E-state index contributed by atoms with van der Waals surface area (Å²) < 4.78 is 0. The molecule has 82 valence electrons. The van der Waals surface area contributed by atoms with Crippen molar-refractivity contribution in [2.45, 2.75) is 46.0 Å². The zero-order valence-electron chi connectivity index (χ0n) is 10.1. The van der Waals surface area contributed by atoms with Gasteiger partial charge in [-0.2, -0.15) is 0 Å². The van der Waals surface area contributed by atoms with Gasteiger partial charge in [0.15, 0.2) is 0 Å². The highest BCUT2D eigenvalue weighted by atomic mass is 14.1. The minimum Gasteiger partial charge on any atom is -0.103 e. The Hall–Kier alpha value is -1.04. The molecule has 0 radical (unpaired) electrons. The Kier molecular flexibility index (Phi) is 5.17. The van der Waals surface area contributed by atoms with E-state index in [1.165, 1.54) is 36.8 Å². The maximum atomic E-state index is 3.79. The molecule has 0 heterocycles. The van der Waals surface area contributed by atoms with Gasteiger partial charge >= 0.3 is 0 Å². The predicted molar refractivity (Wildman–Crippen MR) is 68.3 cm³/mol. The number of aryl methyl sites for hydroxylation is 2. The highest BCUT2D eigenvalue weighted by molar-refractivity contribution is 5.33. The third-order valence-electron chi connectivity index (χ3n) is 2.69. The summed E-state index contributed by atoms with van der Waals surface area (Å²) in [7, 11) is 0. The van der Waals surface area contributed by atoms with Gasteiger partial charge in [0, 0.05) is 0 Å². The molecule has 0 aliphatic carbocycles. The topological polar surface area (TPSA) is 0 Å². The van der Waals surface area contributed by atoms with Gasteiger partial charge in [-0.15, -0.1) is 6.58 Å². The monoisotopic (exact) mass is 202 g/mol. The third kappa shape index (κ3) is 3.54. The zero-order valence-corrected chi connectivity index (χ0v) is 10.1. The van der Waals surface area contributed by atoms with Gasteiger partial charge in [-0.3, -0.25) is 0 Å². The average Bonchev–Trinajstić information content (AvgIpc) is 2.23. The molecule has 0 aliphatic rings. The molecule has 0 unspecified atom stereocenters. The molecule has 1 rings (SSSR count). The van der Waals surface area contributed by atoms with E-state index < -0.39 is 0 Å². The molecule has 0 nitrogen and oxygen atoms in total. The molecule has 0 aliphatic heterocycles. The maximum Gasteiger partial charge on any atom is -0.0100 e. The first-order chi connectivity index (χ1) is 7.31. The normalized spacial score (nSPS) is 10.3. The first-order valence-electron chi connectivity index (χ1n) is 6.03. The van der Waals surface area contributed by atoms with Crippen molar-refractivity contribution in [3.05, 3.63) is 47.5 Å². The van der Waals surface area contributed by atoms with E-state index in [0.29, 0.717) is 0 Å². The lowest BCUT2D eigenvalue weighted by atomic mass is 9.96. The highest BCUT2D eigenvalue weighted by Gasteiger charge is 2.02. The van der Waals surface area contributed by atoms with Crippen molar-refractivity contribution in [1.29, 1.82) is 0 Å². The van der Waals surface area contributed by atoms with Crippen LogP contribution in [-0.2, 0) is 19.3 Å². The lowest BCUT2D eigenvalue weighted by Crippen LogP contribution is -1.95. The fourth-order valence-corrected chi connectivity index (χ4v) is 1.99. The van der Waals surface area contributed by atoms with Crippen LogP contribution in [0.1, 0.15) is 43.4 Å². The Morgan fingerprint density at radius 1 is 1.07 bits per heavy atom. The first kappa shape index (κ1) is 12.0. The van der Waals surface area contributed by atoms with Gasteiger partial charge in [0.25, 0.3) is 0 Å². The Bertz CT molecular complexity index is 310. The van der Waals surface area contributed by atoms with Crippen LogP contribution >= 0.6 is 0 Å². The molecular formula is C15H22. The molecule has 0 saturated carbocycles. The second-order valence-electron chi connectivity index (χ2n) is 4.10. The zero-order chi connectivity index (χ0) is 11.1. The molecule has 0 heteroatoms. The van der Waals surface area contributed by atoms with Crippen molar-refractivity contribution in [2.24, 2.45) is 0 Å². The summed E-state index contributed by atoms with van der Waals surface area (Å²) in [4.78, 5) is 0. The lowest BCUT2D eigenvalue weighted by Gasteiger charge is -2.09. The van der Waals surface area contributed by atoms with Crippen molar-refractivity contribution in [3.8, 4) is 0 Å². The summed E-state index contributed by atoms with van der Waals surface area (Å²) in [6.07, 6.45) is 7.85. The van der Waals surface area contributed by atoms with Gasteiger partial charge in [0.05, 0.1) is 0 Å². The summed E-state index contributed by atoms with van der Waals surface area (Å²) in [5.41, 5.74) is 4.47. The van der Waals surface area contributed by atoms with Crippen LogP contribution in [0.3, 0.4) is 0 Å². The fourth-order valence-electron chi connectivity index (χ4n) is 1.99. The van der Waals surface area contributed by atoms with Crippen molar-refractivity contribution < 1.29 is 0 Å². The van der Waals surface area contributed by atoms with Crippen LogP contribution in [0.2, 0.25) is 0 Å². The number of allylic oxidation sites excluding steroid dienone is 1. The van der Waals surface area contributed by atoms with Gasteiger partial charge in [-0.05, 0) is 36.0 Å². The van der Waals surface area contributed by atoms with E-state index in [1.54, 1.807) is 5.56 Å². The van der Waals surface area contributed by atoms with Gasteiger partial charge in [0.1, 0.15) is 0 Å². The second-order valence-corrected chi connectivity index (χ2v) is 4.10. The Balaban J connectivity index is 2.91. The van der Waals surface area contributed by atoms with Gasteiger partial charge in [-0.25, -0.2) is 0 Å². The van der Waals surface area contributed by atoms with Gasteiger partial charge in [-0.1, -0.05) is 51.0 Å². The fraction of sp³-hybridized carbons (Fsp3) is 0.467. The average molecular weight is 202 g/mol. The van der Waals surface area contributed by atoms with Crippen LogP contribution in [-0.4, -0.2) is 0 Å². The molecule has 0 saturated heterocycles. The summed E-state index contributed by atoms with van der Waals surface area (Å²) in [6, 6.07) is 6.90. The Morgan fingerprint density at radius 2 is 1.73 bits per heavy atom. The van der Waals surface area contributed by atoms with Crippen molar-refractivity contribution in [1.82, 2.24) is 0 Å². The molecule has 0 spiro atoms. The Morgan fingerprint density at radius 3 is 2.33 bits per heavy atom. The molecule has 0 fully saturated rings. The first-order valence-corrected chi connectivity index (χ1v) is 6.03. The van der Waals surface area contributed by atoms with Gasteiger partial charge in [0.2, 0.25) is 0 Å². The van der Waals surface area contributed by atoms with Crippen molar-refractivity contribution >= 4 is 0 Å². The van der Waals surface area contributed by atoms with Crippen molar-refractivity contribution in [3.63, 3.8) is 0 Å². The van der Waals surface area contributed by atoms with Crippen LogP contribution in [0.5, 0.6) is 0 Å².